The normalized spacial score (nSPS) is 11.8. The molecule has 0 saturated carbocycles. The predicted molar refractivity (Wildman–Crippen MR) is 138 cm³/mol. The molecule has 0 bridgehead atoms. The molecule has 0 radical (unpaired) electrons. The maximum Gasteiger partial charge on any atom is 0.302 e. The van der Waals surface area contributed by atoms with Crippen molar-refractivity contribution in [2.45, 2.75) is 46.6 Å². The molecule has 2 aromatic carbocycles. The van der Waals surface area contributed by atoms with Crippen LogP contribution in [0, 0.1) is 12.7 Å². The van der Waals surface area contributed by atoms with Crippen molar-refractivity contribution in [3.63, 3.8) is 0 Å². The maximum atomic E-state index is 15.3. The van der Waals surface area contributed by atoms with Crippen molar-refractivity contribution in [2.75, 3.05) is 0 Å². The SMILES string of the molecule is CC(=O)OCc1c(-c2cc(C)c3ncnn3c2)cccc1-n1ncc2cc(C(C)(C)C)cc(F)c2c1=O. The first kappa shape index (κ1) is 24.3. The Morgan fingerprint density at radius 2 is 1.92 bits per heavy atom. The number of hydrogen-bond donors (Lipinski definition) is 0. The van der Waals surface area contributed by atoms with Gasteiger partial charge in [0.2, 0.25) is 0 Å². The minimum Gasteiger partial charge on any atom is -0.461 e. The molecule has 0 unspecified atom stereocenters. The number of fused-ring (bicyclic) bond motifs is 2. The fourth-order valence-corrected chi connectivity index (χ4v) is 4.45. The predicted octanol–water partition coefficient (Wildman–Crippen LogP) is 4.90. The number of rotatable bonds is 4. The van der Waals surface area contributed by atoms with Crippen LogP contribution in [0.5, 0.6) is 0 Å². The number of ether oxygens (including phenoxy) is 1. The van der Waals surface area contributed by atoms with Crippen LogP contribution >= 0.6 is 0 Å². The van der Waals surface area contributed by atoms with Gasteiger partial charge in [-0.1, -0.05) is 32.9 Å². The molecule has 0 aliphatic carbocycles. The van der Waals surface area contributed by atoms with E-state index >= 15 is 4.39 Å². The van der Waals surface area contributed by atoms with Gasteiger partial charge < -0.3 is 4.74 Å². The average Bonchev–Trinajstić information content (AvgIpc) is 3.31. The van der Waals surface area contributed by atoms with Gasteiger partial charge in [0.1, 0.15) is 18.8 Å². The second-order valence-corrected chi connectivity index (χ2v) is 10.1. The molecule has 5 rings (SSSR count). The third-order valence-electron chi connectivity index (χ3n) is 6.37. The lowest BCUT2D eigenvalue weighted by molar-refractivity contribution is -0.142. The first-order valence-electron chi connectivity index (χ1n) is 11.8. The summed E-state index contributed by atoms with van der Waals surface area (Å²) >= 11 is 0. The van der Waals surface area contributed by atoms with E-state index in [1.807, 2.05) is 46.0 Å². The van der Waals surface area contributed by atoms with E-state index in [1.54, 1.807) is 22.7 Å². The van der Waals surface area contributed by atoms with Crippen LogP contribution in [-0.4, -0.2) is 30.3 Å². The van der Waals surface area contributed by atoms with Gasteiger partial charge in [-0.05, 0) is 53.3 Å². The van der Waals surface area contributed by atoms with E-state index in [4.69, 9.17) is 4.74 Å². The Morgan fingerprint density at radius 3 is 2.65 bits per heavy atom. The van der Waals surface area contributed by atoms with E-state index in [-0.39, 0.29) is 17.4 Å². The molecule has 0 N–H and O–H groups in total. The van der Waals surface area contributed by atoms with E-state index in [0.29, 0.717) is 16.6 Å². The first-order chi connectivity index (χ1) is 17.5. The molecule has 9 heteroatoms. The third-order valence-corrected chi connectivity index (χ3v) is 6.37. The minimum atomic E-state index is -0.603. The summed E-state index contributed by atoms with van der Waals surface area (Å²) < 4.78 is 23.5. The van der Waals surface area contributed by atoms with Gasteiger partial charge in [-0.3, -0.25) is 9.59 Å². The Balaban J connectivity index is 1.74. The van der Waals surface area contributed by atoms with Crippen molar-refractivity contribution in [3.05, 3.63) is 88.0 Å². The summed E-state index contributed by atoms with van der Waals surface area (Å²) in [5.74, 6) is -1.07. The molecule has 3 heterocycles. The lowest BCUT2D eigenvalue weighted by Crippen LogP contribution is -2.24. The highest BCUT2D eigenvalue weighted by Gasteiger charge is 2.21. The molecule has 37 heavy (non-hydrogen) atoms. The van der Waals surface area contributed by atoms with Crippen LogP contribution in [-0.2, 0) is 21.6 Å². The number of halogens is 1. The zero-order chi connectivity index (χ0) is 26.5. The summed E-state index contributed by atoms with van der Waals surface area (Å²) in [5.41, 5.74) is 3.95. The zero-order valence-electron chi connectivity index (χ0n) is 21.2. The topological polar surface area (TPSA) is 91.4 Å². The lowest BCUT2D eigenvalue weighted by atomic mass is 9.86. The van der Waals surface area contributed by atoms with Crippen molar-refractivity contribution < 1.29 is 13.9 Å². The Kier molecular flexibility index (Phi) is 5.86. The van der Waals surface area contributed by atoms with Gasteiger partial charge in [-0.15, -0.1) is 0 Å². The van der Waals surface area contributed by atoms with Gasteiger partial charge in [0.15, 0.2) is 5.65 Å². The highest BCUT2D eigenvalue weighted by molar-refractivity contribution is 5.83. The molecule has 8 nitrogen and oxygen atoms in total. The molecule has 0 aliphatic heterocycles. The van der Waals surface area contributed by atoms with Crippen molar-refractivity contribution in [1.82, 2.24) is 24.4 Å². The Labute approximate surface area is 212 Å². The standard InChI is InChI=1S/C28H26FN5O3/c1-16-9-19(13-33-26(16)30-15-32-33)21-7-6-8-24(22(21)14-37-17(2)35)34-27(36)25-18(12-31-34)10-20(11-23(25)29)28(3,4)5/h6-13,15H,14H2,1-5H3. The number of aromatic nitrogens is 5. The monoisotopic (exact) mass is 499 g/mol. The van der Waals surface area contributed by atoms with E-state index in [2.05, 4.69) is 15.2 Å². The number of carbonyl (C=O) groups excluding carboxylic acids is 1. The number of aryl methyl sites for hydroxylation is 1. The van der Waals surface area contributed by atoms with Crippen LogP contribution < -0.4 is 5.56 Å². The lowest BCUT2D eigenvalue weighted by Gasteiger charge is -2.20. The van der Waals surface area contributed by atoms with E-state index < -0.39 is 17.3 Å². The number of carbonyl (C=O) groups is 1. The summed E-state index contributed by atoms with van der Waals surface area (Å²) in [6.45, 7) is 9.07. The van der Waals surface area contributed by atoms with Crippen LogP contribution in [0.25, 0.3) is 33.2 Å². The van der Waals surface area contributed by atoms with Crippen LogP contribution in [0.1, 0.15) is 44.4 Å². The fraction of sp³-hybridized carbons (Fsp3) is 0.250. The van der Waals surface area contributed by atoms with Gasteiger partial charge in [0, 0.05) is 29.6 Å². The van der Waals surface area contributed by atoms with E-state index in [9.17, 15) is 9.59 Å². The molecule has 3 aromatic heterocycles. The van der Waals surface area contributed by atoms with Gasteiger partial charge in [-0.2, -0.15) is 14.9 Å². The Hall–Kier alpha value is -4.40. The van der Waals surface area contributed by atoms with E-state index in [1.165, 1.54) is 25.5 Å². The van der Waals surface area contributed by atoms with Gasteiger partial charge in [-0.25, -0.2) is 13.9 Å². The molecule has 0 saturated heterocycles. The van der Waals surface area contributed by atoms with Gasteiger partial charge >= 0.3 is 5.97 Å². The average molecular weight is 500 g/mol. The smallest absolute Gasteiger partial charge is 0.302 e. The number of nitrogens with zero attached hydrogens (tertiary/aromatic N) is 5. The molecule has 0 atom stereocenters. The zero-order valence-corrected chi connectivity index (χ0v) is 21.2. The molecule has 0 fully saturated rings. The highest BCUT2D eigenvalue weighted by Crippen LogP contribution is 2.31. The molecule has 0 spiro atoms. The second kappa shape index (κ2) is 8.92. The van der Waals surface area contributed by atoms with Crippen LogP contribution in [0.4, 0.5) is 4.39 Å². The number of pyridine rings is 1. The fourth-order valence-electron chi connectivity index (χ4n) is 4.45. The molecule has 188 valence electrons. The van der Waals surface area contributed by atoms with Crippen molar-refractivity contribution >= 4 is 22.4 Å². The van der Waals surface area contributed by atoms with Gasteiger partial charge in [0.25, 0.3) is 5.56 Å². The van der Waals surface area contributed by atoms with Crippen molar-refractivity contribution in [1.29, 1.82) is 0 Å². The van der Waals surface area contributed by atoms with E-state index in [0.717, 1.165) is 32.6 Å². The van der Waals surface area contributed by atoms with Crippen LogP contribution in [0.3, 0.4) is 0 Å². The quantitative estimate of drug-likeness (QED) is 0.327. The summed E-state index contributed by atoms with van der Waals surface area (Å²) in [4.78, 5) is 29.6. The van der Waals surface area contributed by atoms with Crippen molar-refractivity contribution in [2.24, 2.45) is 0 Å². The summed E-state index contributed by atoms with van der Waals surface area (Å²) in [7, 11) is 0. The molecular weight excluding hydrogens is 473 g/mol. The molecule has 0 amide bonds. The first-order valence-corrected chi connectivity index (χ1v) is 11.8. The molecule has 5 aromatic rings. The number of benzene rings is 2. The third kappa shape index (κ3) is 4.37. The van der Waals surface area contributed by atoms with Crippen LogP contribution in [0.2, 0.25) is 0 Å². The molecular formula is C28H26FN5O3. The van der Waals surface area contributed by atoms with Gasteiger partial charge in [0.05, 0.1) is 17.3 Å². The van der Waals surface area contributed by atoms with Crippen molar-refractivity contribution in [3.8, 4) is 16.8 Å². The maximum absolute atomic E-state index is 15.3. The Bertz CT molecular complexity index is 1750. The largest absolute Gasteiger partial charge is 0.461 e. The summed E-state index contributed by atoms with van der Waals surface area (Å²) in [5, 5.41) is 9.01. The number of hydrogen-bond acceptors (Lipinski definition) is 6. The summed E-state index contributed by atoms with van der Waals surface area (Å²) in [6, 6.07) is 10.5. The minimum absolute atomic E-state index is 0.0493. The highest BCUT2D eigenvalue weighted by atomic mass is 19.1. The number of esters is 1. The van der Waals surface area contributed by atoms with Crippen LogP contribution in [0.15, 0.2) is 59.9 Å². The molecule has 0 aliphatic rings. The second-order valence-electron chi connectivity index (χ2n) is 10.1. The Morgan fingerprint density at radius 1 is 1.14 bits per heavy atom. The summed E-state index contributed by atoms with van der Waals surface area (Å²) in [6.07, 6.45) is 4.78.